The minimum absolute atomic E-state index is 0.0920. The van der Waals surface area contributed by atoms with Gasteiger partial charge in [0.2, 0.25) is 11.8 Å². The molecule has 0 spiro atoms. The van der Waals surface area contributed by atoms with Gasteiger partial charge in [-0.05, 0) is 36.1 Å². The van der Waals surface area contributed by atoms with Crippen LogP contribution < -0.4 is 5.32 Å². The summed E-state index contributed by atoms with van der Waals surface area (Å²) < 4.78 is 0.912. The molecule has 7 nitrogen and oxygen atoms in total. The molecule has 3 aromatic carbocycles. The lowest BCUT2D eigenvalue weighted by atomic mass is 9.94. The molecule has 0 bridgehead atoms. The highest BCUT2D eigenvalue weighted by Gasteiger charge is 2.32. The molecule has 0 saturated heterocycles. The number of carbonyl (C=O) groups excluding carboxylic acids is 2. The Bertz CT molecular complexity index is 1240. The highest BCUT2D eigenvalue weighted by Crippen LogP contribution is 2.23. The van der Waals surface area contributed by atoms with Crippen LogP contribution in [0, 0.1) is 10.1 Å². The second-order valence-corrected chi connectivity index (χ2v) is 10.7. The van der Waals surface area contributed by atoms with E-state index in [2.05, 4.69) is 21.2 Å². The van der Waals surface area contributed by atoms with Crippen LogP contribution in [0.5, 0.6) is 0 Å². The summed E-state index contributed by atoms with van der Waals surface area (Å²) in [4.78, 5) is 40.4. The Labute approximate surface area is 231 Å². The predicted octanol–water partition coefficient (Wildman–Crippen LogP) is 5.99. The minimum Gasteiger partial charge on any atom is -0.352 e. The van der Waals surface area contributed by atoms with Gasteiger partial charge in [0.05, 0.1) is 11.3 Å². The van der Waals surface area contributed by atoms with Crippen LogP contribution in [0.25, 0.3) is 0 Å². The normalized spacial score (nSPS) is 14.4. The van der Waals surface area contributed by atoms with Crippen molar-refractivity contribution < 1.29 is 14.5 Å². The number of carbonyl (C=O) groups is 2. The van der Waals surface area contributed by atoms with Crippen LogP contribution in [0.3, 0.4) is 0 Å². The smallest absolute Gasteiger partial charge is 0.273 e. The summed E-state index contributed by atoms with van der Waals surface area (Å²) in [6.45, 7) is 0.211. The van der Waals surface area contributed by atoms with Gasteiger partial charge in [0.15, 0.2) is 0 Å². The van der Waals surface area contributed by atoms with Crippen molar-refractivity contribution in [1.82, 2.24) is 10.2 Å². The van der Waals surface area contributed by atoms with Crippen LogP contribution in [-0.2, 0) is 29.0 Å². The minimum atomic E-state index is -0.766. The number of para-hydroxylation sites is 1. The number of nitrogens with zero attached hydrogens (tertiary/aromatic N) is 2. The molecule has 2 amide bonds. The summed E-state index contributed by atoms with van der Waals surface area (Å²) in [5.41, 5.74) is 2.04. The third-order valence-corrected chi connectivity index (χ3v) is 7.55. The molecule has 3 aromatic rings. The lowest BCUT2D eigenvalue weighted by Crippen LogP contribution is -2.53. The van der Waals surface area contributed by atoms with Crippen LogP contribution in [-0.4, -0.2) is 33.7 Å². The van der Waals surface area contributed by atoms with Gasteiger partial charge in [0, 0.05) is 35.1 Å². The first-order valence-electron chi connectivity index (χ1n) is 13.0. The van der Waals surface area contributed by atoms with Gasteiger partial charge in [0.1, 0.15) is 6.04 Å². The summed E-state index contributed by atoms with van der Waals surface area (Å²) in [7, 11) is 0. The van der Waals surface area contributed by atoms with Crippen LogP contribution in [0.2, 0.25) is 0 Å². The van der Waals surface area contributed by atoms with E-state index in [4.69, 9.17) is 0 Å². The molecule has 8 heteroatoms. The lowest BCUT2D eigenvalue weighted by Gasteiger charge is -2.33. The standard InChI is InChI=1S/C30H32BrN3O4/c31-25-17-15-23(16-18-25)21-33(29(35)20-24-11-7-8-14-27(24)34(37)38)28(19-22-9-3-1-4-10-22)30(36)32-26-12-5-2-6-13-26/h1,3-4,7-11,14-18,26,28H,2,5-6,12-13,19-21H2,(H,32,36)/t28-/m1/s1. The quantitative estimate of drug-likeness (QED) is 0.236. The van der Waals surface area contributed by atoms with Crippen molar-refractivity contribution in [2.24, 2.45) is 0 Å². The van der Waals surface area contributed by atoms with Gasteiger partial charge in [-0.2, -0.15) is 0 Å². The molecule has 1 saturated carbocycles. The van der Waals surface area contributed by atoms with E-state index >= 15 is 0 Å². The molecule has 38 heavy (non-hydrogen) atoms. The molecule has 1 aliphatic rings. The van der Waals surface area contributed by atoms with Gasteiger partial charge in [-0.1, -0.05) is 95.9 Å². The maximum atomic E-state index is 13.9. The molecular formula is C30H32BrN3O4. The zero-order valence-electron chi connectivity index (χ0n) is 21.2. The SMILES string of the molecule is O=C(NC1CCCCC1)[C@@H](Cc1ccccc1)N(Cc1ccc(Br)cc1)C(=O)Cc1ccccc1[N+](=O)[O-]. The summed E-state index contributed by atoms with van der Waals surface area (Å²) in [5.74, 6) is -0.518. The van der Waals surface area contributed by atoms with Gasteiger partial charge in [0.25, 0.3) is 5.69 Å². The molecular weight excluding hydrogens is 546 g/mol. The fourth-order valence-electron chi connectivity index (χ4n) is 4.99. The maximum Gasteiger partial charge on any atom is 0.273 e. The Balaban J connectivity index is 1.68. The van der Waals surface area contributed by atoms with E-state index in [-0.39, 0.29) is 36.5 Å². The first-order chi connectivity index (χ1) is 18.4. The number of hydrogen-bond acceptors (Lipinski definition) is 4. The topological polar surface area (TPSA) is 92.6 Å². The van der Waals surface area contributed by atoms with E-state index in [1.165, 1.54) is 12.5 Å². The molecule has 1 aliphatic carbocycles. The van der Waals surface area contributed by atoms with Crippen molar-refractivity contribution in [2.45, 2.75) is 63.6 Å². The monoisotopic (exact) mass is 577 g/mol. The number of nitrogens with one attached hydrogen (secondary N) is 1. The van der Waals surface area contributed by atoms with Crippen LogP contribution >= 0.6 is 15.9 Å². The second-order valence-electron chi connectivity index (χ2n) is 9.76. The third-order valence-electron chi connectivity index (χ3n) is 7.02. The Kier molecular flexibility index (Phi) is 9.65. The first-order valence-corrected chi connectivity index (χ1v) is 13.8. The molecule has 1 atom stereocenters. The average molecular weight is 579 g/mol. The Hall–Kier alpha value is -3.52. The molecule has 1 N–H and O–H groups in total. The van der Waals surface area contributed by atoms with E-state index in [1.807, 2.05) is 54.6 Å². The zero-order valence-corrected chi connectivity index (χ0v) is 22.8. The molecule has 4 rings (SSSR count). The van der Waals surface area contributed by atoms with Crippen LogP contribution in [0.15, 0.2) is 83.3 Å². The van der Waals surface area contributed by atoms with Crippen molar-refractivity contribution >= 4 is 33.4 Å². The van der Waals surface area contributed by atoms with Crippen LogP contribution in [0.1, 0.15) is 48.8 Å². The molecule has 0 aromatic heterocycles. The molecule has 0 aliphatic heterocycles. The van der Waals surface area contributed by atoms with E-state index in [0.29, 0.717) is 12.0 Å². The Morgan fingerprint density at radius 3 is 2.26 bits per heavy atom. The highest BCUT2D eigenvalue weighted by atomic mass is 79.9. The number of amides is 2. The van der Waals surface area contributed by atoms with Crippen LogP contribution in [0.4, 0.5) is 5.69 Å². The zero-order chi connectivity index (χ0) is 26.9. The Morgan fingerprint density at radius 1 is 0.921 bits per heavy atom. The largest absolute Gasteiger partial charge is 0.352 e. The molecule has 0 radical (unpaired) electrons. The van der Waals surface area contributed by atoms with Crippen molar-refractivity contribution in [3.05, 3.63) is 110 Å². The molecule has 1 fully saturated rings. The summed E-state index contributed by atoms with van der Waals surface area (Å²) in [6.07, 6.45) is 5.36. The second kappa shape index (κ2) is 13.3. The van der Waals surface area contributed by atoms with Gasteiger partial charge in [-0.25, -0.2) is 0 Å². The van der Waals surface area contributed by atoms with Gasteiger partial charge < -0.3 is 10.2 Å². The summed E-state index contributed by atoms with van der Waals surface area (Å²) >= 11 is 3.45. The average Bonchev–Trinajstić information content (AvgIpc) is 2.93. The maximum absolute atomic E-state index is 13.9. The molecule has 0 heterocycles. The fraction of sp³-hybridized carbons (Fsp3) is 0.333. The number of nitro benzene ring substituents is 1. The third kappa shape index (κ3) is 7.51. The Morgan fingerprint density at radius 2 is 1.58 bits per heavy atom. The first kappa shape index (κ1) is 27.5. The van der Waals surface area contributed by atoms with Crippen molar-refractivity contribution in [2.75, 3.05) is 0 Å². The van der Waals surface area contributed by atoms with Crippen molar-refractivity contribution in [3.8, 4) is 0 Å². The fourth-order valence-corrected chi connectivity index (χ4v) is 5.25. The molecule has 198 valence electrons. The summed E-state index contributed by atoms with van der Waals surface area (Å²) in [5, 5.41) is 14.8. The van der Waals surface area contributed by atoms with E-state index in [0.717, 1.165) is 41.3 Å². The van der Waals surface area contributed by atoms with Gasteiger partial charge >= 0.3 is 0 Å². The summed E-state index contributed by atoms with van der Waals surface area (Å²) in [6, 6.07) is 22.9. The lowest BCUT2D eigenvalue weighted by molar-refractivity contribution is -0.385. The van der Waals surface area contributed by atoms with Crippen molar-refractivity contribution in [1.29, 1.82) is 0 Å². The number of halogens is 1. The van der Waals surface area contributed by atoms with E-state index in [1.54, 1.807) is 23.1 Å². The number of rotatable bonds is 10. The highest BCUT2D eigenvalue weighted by molar-refractivity contribution is 9.10. The van der Waals surface area contributed by atoms with E-state index in [9.17, 15) is 19.7 Å². The predicted molar refractivity (Wildman–Crippen MR) is 150 cm³/mol. The number of hydrogen-bond donors (Lipinski definition) is 1. The number of benzene rings is 3. The van der Waals surface area contributed by atoms with Crippen molar-refractivity contribution in [3.63, 3.8) is 0 Å². The van der Waals surface area contributed by atoms with Gasteiger partial charge in [-0.15, -0.1) is 0 Å². The van der Waals surface area contributed by atoms with E-state index < -0.39 is 11.0 Å². The molecule has 0 unspecified atom stereocenters. The number of nitro groups is 1. The van der Waals surface area contributed by atoms with Gasteiger partial charge in [-0.3, -0.25) is 19.7 Å².